The Bertz CT molecular complexity index is 1460. The molecule has 1 saturated heterocycles. The van der Waals surface area contributed by atoms with E-state index < -0.39 is 41.6 Å². The predicted octanol–water partition coefficient (Wildman–Crippen LogP) is 1.24. The molecule has 1 fully saturated rings. The van der Waals surface area contributed by atoms with E-state index in [2.05, 4.69) is 10.3 Å². The van der Waals surface area contributed by atoms with Crippen LogP contribution in [0.2, 0.25) is 0 Å². The van der Waals surface area contributed by atoms with Gasteiger partial charge in [0.15, 0.2) is 0 Å². The van der Waals surface area contributed by atoms with Gasteiger partial charge in [-0.2, -0.15) is 13.2 Å². The van der Waals surface area contributed by atoms with Crippen LogP contribution in [0, 0.1) is 0 Å². The van der Waals surface area contributed by atoms with Crippen molar-refractivity contribution in [1.29, 1.82) is 0 Å². The number of amides is 1. The lowest BCUT2D eigenvalue weighted by Crippen LogP contribution is -2.51. The number of carbonyl (C=O) groups excluding carboxylic acids is 2. The van der Waals surface area contributed by atoms with Crippen molar-refractivity contribution in [1.82, 2.24) is 29.9 Å². The van der Waals surface area contributed by atoms with E-state index in [1.54, 1.807) is 19.6 Å². The number of rotatable bonds is 15. The van der Waals surface area contributed by atoms with E-state index >= 15 is 0 Å². The number of benzene rings is 1. The van der Waals surface area contributed by atoms with E-state index in [1.807, 2.05) is 0 Å². The van der Waals surface area contributed by atoms with E-state index in [-0.39, 0.29) is 89.4 Å². The number of hydrogen-bond donors (Lipinski definition) is 4. The summed E-state index contributed by atoms with van der Waals surface area (Å²) >= 11 is 0. The third-order valence-electron chi connectivity index (χ3n) is 8.35. The van der Waals surface area contributed by atoms with Crippen molar-refractivity contribution < 1.29 is 52.5 Å². The monoisotopic (exact) mass is 708 g/mol. The van der Waals surface area contributed by atoms with Gasteiger partial charge in [0.2, 0.25) is 0 Å². The summed E-state index contributed by atoms with van der Waals surface area (Å²) < 4.78 is 39.6. The van der Waals surface area contributed by atoms with E-state index in [4.69, 9.17) is 0 Å². The first-order chi connectivity index (χ1) is 23.8. The first-order valence-electron chi connectivity index (χ1n) is 16.2. The van der Waals surface area contributed by atoms with Crippen LogP contribution in [0.5, 0.6) is 0 Å². The Balaban J connectivity index is 1.67. The van der Waals surface area contributed by atoms with Crippen molar-refractivity contribution in [2.24, 2.45) is 0 Å². The van der Waals surface area contributed by atoms with Crippen LogP contribution in [0.4, 0.5) is 13.2 Å². The van der Waals surface area contributed by atoms with Gasteiger partial charge >= 0.3 is 24.1 Å². The van der Waals surface area contributed by atoms with Gasteiger partial charge in [-0.05, 0) is 36.6 Å². The molecule has 1 aliphatic heterocycles. The Morgan fingerprint density at radius 1 is 0.860 bits per heavy atom. The number of carboxylic acid groups (broad SMARTS) is 3. The minimum Gasteiger partial charge on any atom is -0.480 e. The second-order valence-electron chi connectivity index (χ2n) is 12.0. The van der Waals surface area contributed by atoms with Gasteiger partial charge in [0, 0.05) is 71.5 Å². The summed E-state index contributed by atoms with van der Waals surface area (Å²) in [5.74, 6) is -3.74. The molecule has 1 unspecified atom stereocenters. The summed E-state index contributed by atoms with van der Waals surface area (Å²) in [6.45, 7) is 1.62. The summed E-state index contributed by atoms with van der Waals surface area (Å²) in [4.78, 5) is 70.9. The molecule has 0 spiro atoms. The number of pyridine rings is 1. The maximum atomic E-state index is 13.2. The Kier molecular flexibility index (Phi) is 15.7. The zero-order valence-electron chi connectivity index (χ0n) is 27.6. The molecule has 3 rings (SSSR count). The summed E-state index contributed by atoms with van der Waals surface area (Å²) in [7, 11) is 0. The second kappa shape index (κ2) is 19.7. The molecule has 50 heavy (non-hydrogen) atoms. The molecule has 4 N–H and O–H groups in total. The van der Waals surface area contributed by atoms with Crippen molar-refractivity contribution in [3.8, 4) is 0 Å². The molecule has 0 aliphatic carbocycles. The van der Waals surface area contributed by atoms with Crippen molar-refractivity contribution in [2.75, 3.05) is 78.5 Å². The minimum atomic E-state index is -4.52. The highest BCUT2D eigenvalue weighted by Gasteiger charge is 2.31. The first kappa shape index (κ1) is 40.0. The van der Waals surface area contributed by atoms with Gasteiger partial charge in [-0.15, -0.1) is 0 Å². The van der Waals surface area contributed by atoms with Crippen LogP contribution < -0.4 is 5.32 Å². The fraction of sp³-hybridized carbons (Fsp3) is 0.515. The molecule has 1 aliphatic rings. The van der Waals surface area contributed by atoms with Crippen LogP contribution >= 0.6 is 0 Å². The van der Waals surface area contributed by atoms with Gasteiger partial charge in [-0.25, -0.2) is 0 Å². The number of carbonyl (C=O) groups is 5. The number of alkyl halides is 3. The van der Waals surface area contributed by atoms with Crippen LogP contribution in [-0.2, 0) is 31.8 Å². The lowest BCUT2D eigenvalue weighted by molar-refractivity contribution is -0.144. The van der Waals surface area contributed by atoms with E-state index in [0.29, 0.717) is 25.2 Å². The van der Waals surface area contributed by atoms with Gasteiger partial charge in [0.05, 0.1) is 36.5 Å². The summed E-state index contributed by atoms with van der Waals surface area (Å²) in [6.07, 6.45) is -2.00. The molecule has 274 valence electrons. The standard InChI is InChI=1S/C33H43F3N6O8/c34-33(35,36)25-5-1-4-24(20-25)21-27-26(6-2-8-37-27)31(48)38-9-3-7-28(32(49)50)42-16-14-39(18-19-43)10-11-40(22-29(44)45)12-13-41(15-17-42)23-30(46)47/h1-2,4-6,8,19-20,28H,3,7,9-18,21-23H2,(H,38,48)(H,44,45)(H,46,47)(H,49,50). The number of nitrogens with zero attached hydrogens (tertiary/aromatic N) is 5. The third kappa shape index (κ3) is 13.5. The third-order valence-corrected chi connectivity index (χ3v) is 8.35. The van der Waals surface area contributed by atoms with E-state index in [0.717, 1.165) is 18.4 Å². The molecular formula is C33H43F3N6O8. The van der Waals surface area contributed by atoms with E-state index in [1.165, 1.54) is 30.5 Å². The second-order valence-corrected chi connectivity index (χ2v) is 12.0. The number of carboxylic acids is 3. The maximum Gasteiger partial charge on any atom is 0.416 e. The largest absolute Gasteiger partial charge is 0.480 e. The Labute approximate surface area is 287 Å². The summed E-state index contributed by atoms with van der Waals surface area (Å²) in [5.41, 5.74) is -0.0211. The Hall–Kier alpha value is -4.45. The lowest BCUT2D eigenvalue weighted by Gasteiger charge is -2.35. The molecule has 1 aromatic heterocycles. The van der Waals surface area contributed by atoms with Crippen molar-refractivity contribution >= 4 is 30.1 Å². The molecule has 0 saturated carbocycles. The molecule has 1 atom stereocenters. The van der Waals surface area contributed by atoms with Crippen LogP contribution in [0.3, 0.4) is 0 Å². The Morgan fingerprint density at radius 2 is 1.46 bits per heavy atom. The number of aldehydes is 1. The van der Waals surface area contributed by atoms with Gasteiger partial charge in [-0.3, -0.25) is 43.8 Å². The molecule has 14 nitrogen and oxygen atoms in total. The number of nitrogens with one attached hydrogen (secondary N) is 1. The van der Waals surface area contributed by atoms with Crippen LogP contribution in [0.25, 0.3) is 0 Å². The van der Waals surface area contributed by atoms with Crippen LogP contribution in [0.15, 0.2) is 42.6 Å². The fourth-order valence-corrected chi connectivity index (χ4v) is 5.74. The first-order valence-corrected chi connectivity index (χ1v) is 16.2. The van der Waals surface area contributed by atoms with Crippen molar-refractivity contribution in [3.05, 3.63) is 65.0 Å². The topological polar surface area (TPSA) is 184 Å². The van der Waals surface area contributed by atoms with Gasteiger partial charge < -0.3 is 25.4 Å². The van der Waals surface area contributed by atoms with Gasteiger partial charge in [0.25, 0.3) is 5.91 Å². The Morgan fingerprint density at radius 3 is 2.04 bits per heavy atom. The molecule has 1 amide bonds. The maximum absolute atomic E-state index is 13.2. The van der Waals surface area contributed by atoms with Crippen LogP contribution in [-0.4, -0.2) is 155 Å². The smallest absolute Gasteiger partial charge is 0.416 e. The molecule has 2 aromatic rings. The highest BCUT2D eigenvalue weighted by Crippen LogP contribution is 2.30. The number of halogens is 3. The minimum absolute atomic E-state index is 0.0127. The molecule has 2 heterocycles. The molecule has 0 radical (unpaired) electrons. The van der Waals surface area contributed by atoms with Crippen molar-refractivity contribution in [2.45, 2.75) is 31.5 Å². The summed E-state index contributed by atoms with van der Waals surface area (Å²) in [6, 6.07) is 6.82. The molecular weight excluding hydrogens is 665 g/mol. The van der Waals surface area contributed by atoms with Crippen molar-refractivity contribution in [3.63, 3.8) is 0 Å². The zero-order chi connectivity index (χ0) is 36.7. The number of hydrogen-bond acceptors (Lipinski definition) is 10. The van der Waals surface area contributed by atoms with Crippen LogP contribution in [0.1, 0.15) is 40.0 Å². The zero-order valence-corrected chi connectivity index (χ0v) is 27.6. The van der Waals surface area contributed by atoms with Gasteiger partial charge in [0.1, 0.15) is 12.3 Å². The van der Waals surface area contributed by atoms with E-state index in [9.17, 15) is 52.5 Å². The SMILES string of the molecule is O=CCN1CCN(CC(=O)O)CCN(CC(=O)O)CCN(C(CCCNC(=O)c2cccnc2Cc2cccc(C(F)(F)F)c2)C(=O)O)CC1. The average molecular weight is 709 g/mol. The quantitative estimate of drug-likeness (QED) is 0.153. The highest BCUT2D eigenvalue weighted by atomic mass is 19.4. The fourth-order valence-electron chi connectivity index (χ4n) is 5.74. The molecule has 0 bridgehead atoms. The predicted molar refractivity (Wildman–Crippen MR) is 174 cm³/mol. The normalized spacial score (nSPS) is 16.9. The molecule has 1 aromatic carbocycles. The number of aromatic nitrogens is 1. The number of aliphatic carboxylic acids is 3. The molecule has 17 heteroatoms. The lowest BCUT2D eigenvalue weighted by atomic mass is 10.0. The summed E-state index contributed by atoms with van der Waals surface area (Å²) in [5, 5.41) is 31.7. The average Bonchev–Trinajstić information content (AvgIpc) is 3.04. The van der Waals surface area contributed by atoms with Gasteiger partial charge in [-0.1, -0.05) is 18.2 Å². The highest BCUT2D eigenvalue weighted by molar-refractivity contribution is 5.95.